The lowest BCUT2D eigenvalue weighted by Gasteiger charge is -2.38. The van der Waals surface area contributed by atoms with E-state index >= 15 is 0 Å². The number of para-hydroxylation sites is 1. The van der Waals surface area contributed by atoms with Gasteiger partial charge >= 0.3 is 5.97 Å². The molecule has 2 rings (SSSR count). The van der Waals surface area contributed by atoms with Gasteiger partial charge in [-0.25, -0.2) is 9.78 Å². The second kappa shape index (κ2) is 9.58. The highest BCUT2D eigenvalue weighted by atomic mass is 28.4. The molecule has 2 aromatic rings. The van der Waals surface area contributed by atoms with E-state index in [1.165, 1.54) is 0 Å². The normalized spacial score (nSPS) is 14.1. The Morgan fingerprint density at radius 1 is 0.694 bits per heavy atom. The van der Waals surface area contributed by atoms with Crippen molar-refractivity contribution in [1.29, 1.82) is 0 Å². The number of benzene rings is 1. The minimum absolute atomic E-state index is 0.000342. The van der Waals surface area contributed by atoms with Gasteiger partial charge in [-0.1, -0.05) is 68.4 Å². The van der Waals surface area contributed by atoms with Gasteiger partial charge in [-0.15, -0.1) is 0 Å². The van der Waals surface area contributed by atoms with Gasteiger partial charge in [0.15, 0.2) is 5.69 Å². The van der Waals surface area contributed by atoms with E-state index in [0.29, 0.717) is 17.0 Å². The highest BCUT2D eigenvalue weighted by molar-refractivity contribution is 6.76. The van der Waals surface area contributed by atoms with Crippen LogP contribution in [-0.4, -0.2) is 35.9 Å². The van der Waals surface area contributed by atoms with Gasteiger partial charge in [0.2, 0.25) is 0 Å². The molecule has 202 valence electrons. The van der Waals surface area contributed by atoms with Crippen LogP contribution >= 0.6 is 0 Å². The molecule has 0 saturated heterocycles. The van der Waals surface area contributed by atoms with Crippen molar-refractivity contribution in [3.8, 4) is 11.5 Å². The summed E-state index contributed by atoms with van der Waals surface area (Å²) in [6.07, 6.45) is 0. The monoisotopic (exact) mass is 547 g/mol. The van der Waals surface area contributed by atoms with Crippen LogP contribution in [0.3, 0.4) is 0 Å². The van der Waals surface area contributed by atoms with E-state index in [0.717, 1.165) is 5.39 Å². The van der Waals surface area contributed by atoms with E-state index < -0.39 is 30.9 Å². The van der Waals surface area contributed by atoms with Gasteiger partial charge in [0.25, 0.3) is 25.0 Å². The summed E-state index contributed by atoms with van der Waals surface area (Å²) in [6.45, 7) is 32.6. The Morgan fingerprint density at radius 3 is 1.58 bits per heavy atom. The number of aromatic nitrogens is 1. The summed E-state index contributed by atoms with van der Waals surface area (Å²) in [4.78, 5) is 18.3. The van der Waals surface area contributed by atoms with Gasteiger partial charge in [0.1, 0.15) is 17.0 Å². The fourth-order valence-corrected chi connectivity index (χ4v) is 5.68. The maximum absolute atomic E-state index is 13.5. The number of hydrogen-bond acceptors (Lipinski definition) is 5. The average molecular weight is 548 g/mol. The van der Waals surface area contributed by atoms with E-state index in [1.807, 2.05) is 18.2 Å². The zero-order valence-electron chi connectivity index (χ0n) is 25.4. The van der Waals surface area contributed by atoms with Crippen molar-refractivity contribution in [3.63, 3.8) is 0 Å². The smallest absolute Gasteiger partial charge is 0.343 e. The van der Waals surface area contributed by atoms with Crippen molar-refractivity contribution in [2.24, 2.45) is 0 Å². The van der Waals surface area contributed by atoms with Crippen LogP contribution in [0.4, 0.5) is 0 Å². The molecule has 0 N–H and O–H groups in total. The Kier molecular flexibility index (Phi) is 8.14. The molecule has 0 aliphatic rings. The summed E-state index contributed by atoms with van der Waals surface area (Å²) in [5.74, 6) is 0.973. The first-order valence-corrected chi connectivity index (χ1v) is 21.7. The molecular weight excluding hydrogens is 499 g/mol. The quantitative estimate of drug-likeness (QED) is 0.337. The number of nitrogens with zero attached hydrogens (tertiary/aromatic N) is 1. The number of carbonyl (C=O) groups excluding carboxylic acids is 1. The Morgan fingerprint density at radius 2 is 1.14 bits per heavy atom. The van der Waals surface area contributed by atoms with E-state index in [4.69, 9.17) is 18.3 Å². The molecule has 5 nitrogen and oxygen atoms in total. The largest absolute Gasteiger partial charge is 0.543 e. The van der Waals surface area contributed by atoms with Gasteiger partial charge < -0.3 is 13.3 Å². The van der Waals surface area contributed by atoms with Crippen LogP contribution in [0, 0.1) is 0 Å². The lowest BCUT2D eigenvalue weighted by atomic mass is 10.1. The molecule has 0 aliphatic carbocycles. The molecule has 0 amide bonds. The SMILES string of the molecule is CC(C)(C)[Si](C)(C)OC(=O)c1cc(O[Si](C)(C)C(C)(C)C)c2cccc(O[Si](C)(C)C(C)(C)C)c2n1. The first-order valence-electron chi connectivity index (χ1n) is 12.9. The molecule has 36 heavy (non-hydrogen) atoms. The van der Waals surface area contributed by atoms with Crippen molar-refractivity contribution in [2.75, 3.05) is 0 Å². The van der Waals surface area contributed by atoms with E-state index in [-0.39, 0.29) is 20.8 Å². The topological polar surface area (TPSA) is 57.7 Å². The van der Waals surface area contributed by atoms with Crippen LogP contribution in [-0.2, 0) is 4.43 Å². The van der Waals surface area contributed by atoms with Gasteiger partial charge in [-0.2, -0.15) is 0 Å². The van der Waals surface area contributed by atoms with Gasteiger partial charge in [-0.3, -0.25) is 0 Å². The Balaban J connectivity index is 2.76. The molecule has 0 saturated carbocycles. The van der Waals surface area contributed by atoms with Crippen LogP contribution in [0.5, 0.6) is 11.5 Å². The van der Waals surface area contributed by atoms with Crippen molar-refractivity contribution < 1.29 is 18.1 Å². The third kappa shape index (κ3) is 6.42. The molecule has 1 heterocycles. The fourth-order valence-electron chi connectivity index (χ4n) is 2.76. The second-order valence-corrected chi connectivity index (χ2v) is 28.7. The zero-order valence-corrected chi connectivity index (χ0v) is 28.4. The molecule has 0 fully saturated rings. The summed E-state index contributed by atoms with van der Waals surface area (Å²) in [7, 11) is -6.68. The summed E-state index contributed by atoms with van der Waals surface area (Å²) in [6, 6.07) is 7.72. The van der Waals surface area contributed by atoms with Crippen molar-refractivity contribution in [3.05, 3.63) is 30.0 Å². The van der Waals surface area contributed by atoms with Gasteiger partial charge in [-0.05, 0) is 66.5 Å². The summed E-state index contributed by atoms with van der Waals surface area (Å²) in [5, 5.41) is 0.782. The number of fused-ring (bicyclic) bond motifs is 1. The molecule has 0 spiro atoms. The standard InChI is InChI=1S/C28H49NO4Si3/c1-26(2,3)34(10,11)31-22-18-16-17-20-23(32-35(12,13)27(4,5)6)19-21(29-24(20)22)25(30)33-36(14,15)28(7,8)9/h16-19H,1-15H3. The number of carbonyl (C=O) groups is 1. The summed E-state index contributed by atoms with van der Waals surface area (Å²) in [5.41, 5.74) is 0.924. The first-order chi connectivity index (χ1) is 15.9. The van der Waals surface area contributed by atoms with E-state index in [9.17, 15) is 4.79 Å². The van der Waals surface area contributed by atoms with E-state index in [2.05, 4.69) is 102 Å². The Hall–Kier alpha value is -1.65. The number of pyridine rings is 1. The summed E-state index contributed by atoms with van der Waals surface area (Å²) < 4.78 is 19.6. The van der Waals surface area contributed by atoms with E-state index in [1.54, 1.807) is 6.07 Å². The maximum atomic E-state index is 13.5. The van der Waals surface area contributed by atoms with Crippen LogP contribution < -0.4 is 8.85 Å². The molecule has 0 atom stereocenters. The minimum Gasteiger partial charge on any atom is -0.543 e. The molecule has 0 aliphatic heterocycles. The third-order valence-electron chi connectivity index (χ3n) is 8.47. The molecule has 0 bridgehead atoms. The lowest BCUT2D eigenvalue weighted by molar-refractivity contribution is 0.0706. The minimum atomic E-state index is -2.34. The molecule has 0 radical (unpaired) electrons. The van der Waals surface area contributed by atoms with Gasteiger partial charge in [0.05, 0.1) is 0 Å². The van der Waals surface area contributed by atoms with Crippen LogP contribution in [0.1, 0.15) is 72.8 Å². The number of rotatable bonds is 6. The highest BCUT2D eigenvalue weighted by Crippen LogP contribution is 2.43. The predicted molar refractivity (Wildman–Crippen MR) is 160 cm³/mol. The molecule has 1 aromatic heterocycles. The highest BCUT2D eigenvalue weighted by Gasteiger charge is 2.43. The predicted octanol–water partition coefficient (Wildman–Crippen LogP) is 9.16. The average Bonchev–Trinajstić information content (AvgIpc) is 2.64. The summed E-state index contributed by atoms with van der Waals surface area (Å²) >= 11 is 0. The van der Waals surface area contributed by atoms with Crippen molar-refractivity contribution in [1.82, 2.24) is 4.98 Å². The zero-order chi connectivity index (χ0) is 28.1. The molecule has 1 aromatic carbocycles. The molecule has 0 unspecified atom stereocenters. The fraction of sp³-hybridized carbons (Fsp3) is 0.643. The van der Waals surface area contributed by atoms with Crippen LogP contribution in [0.2, 0.25) is 54.4 Å². The van der Waals surface area contributed by atoms with Crippen molar-refractivity contribution >= 4 is 41.8 Å². The maximum Gasteiger partial charge on any atom is 0.343 e. The number of hydrogen-bond donors (Lipinski definition) is 0. The Bertz CT molecular complexity index is 1120. The van der Waals surface area contributed by atoms with Crippen molar-refractivity contribution in [2.45, 2.75) is 117 Å². The molecule has 8 heteroatoms. The first kappa shape index (κ1) is 30.6. The Labute approximate surface area is 222 Å². The second-order valence-electron chi connectivity index (χ2n) is 14.5. The van der Waals surface area contributed by atoms with Crippen LogP contribution in [0.15, 0.2) is 24.3 Å². The van der Waals surface area contributed by atoms with Gasteiger partial charge in [0, 0.05) is 11.5 Å². The molecular formula is C28H49NO4Si3. The lowest BCUT2D eigenvalue weighted by Crippen LogP contribution is -2.44. The van der Waals surface area contributed by atoms with Crippen LogP contribution in [0.25, 0.3) is 10.9 Å². The third-order valence-corrected chi connectivity index (χ3v) is 21.5.